The molecule has 160 valence electrons. The summed E-state index contributed by atoms with van der Waals surface area (Å²) in [5.41, 5.74) is 2.37. The Morgan fingerprint density at radius 1 is 1.16 bits per heavy atom. The number of hydrogen-bond acceptors (Lipinski definition) is 5. The zero-order chi connectivity index (χ0) is 21.8. The highest BCUT2D eigenvalue weighted by atomic mass is 32.2. The molecule has 1 fully saturated rings. The summed E-state index contributed by atoms with van der Waals surface area (Å²) < 4.78 is 43.9. The first-order valence-corrected chi connectivity index (χ1v) is 12.3. The third-order valence-electron chi connectivity index (χ3n) is 5.58. The minimum absolute atomic E-state index is 0.224. The van der Waals surface area contributed by atoms with Crippen molar-refractivity contribution in [2.24, 2.45) is 0 Å². The summed E-state index contributed by atoms with van der Waals surface area (Å²) >= 11 is 1.44. The lowest BCUT2D eigenvalue weighted by molar-refractivity contribution is 0.558. The molecular weight excluding hydrogens is 435 g/mol. The average molecular weight is 457 g/mol. The first kappa shape index (κ1) is 20.3. The lowest BCUT2D eigenvalue weighted by atomic mass is 10.0. The smallest absolute Gasteiger partial charge is 0.241 e. The highest BCUT2D eigenvalue weighted by Crippen LogP contribution is 2.36. The summed E-state index contributed by atoms with van der Waals surface area (Å²) in [6.07, 6.45) is 4.23. The average Bonchev–Trinajstić information content (AvgIpc) is 3.12. The van der Waals surface area contributed by atoms with Crippen LogP contribution in [0, 0.1) is 12.7 Å². The zero-order valence-corrected chi connectivity index (χ0v) is 18.7. The Hall–Kier alpha value is -2.62. The van der Waals surface area contributed by atoms with E-state index in [9.17, 15) is 12.8 Å². The molecule has 2 aromatic heterocycles. The van der Waals surface area contributed by atoms with E-state index in [2.05, 4.69) is 14.9 Å². The number of halogens is 1. The molecule has 0 spiro atoms. The van der Waals surface area contributed by atoms with Gasteiger partial charge in [-0.25, -0.2) is 17.5 Å². The first-order valence-electron chi connectivity index (χ1n) is 9.95. The number of nitrogens with zero attached hydrogens (tertiary/aromatic N) is 3. The Morgan fingerprint density at radius 2 is 1.90 bits per heavy atom. The second-order valence-corrected chi connectivity index (χ2v) is 11.1. The van der Waals surface area contributed by atoms with Gasteiger partial charge in [-0.3, -0.25) is 4.57 Å². The van der Waals surface area contributed by atoms with Crippen molar-refractivity contribution in [1.82, 2.24) is 19.5 Å². The number of fused-ring (bicyclic) bond motifs is 1. The number of rotatable bonds is 6. The van der Waals surface area contributed by atoms with Crippen molar-refractivity contribution in [3.63, 3.8) is 0 Å². The minimum Gasteiger partial charge on any atom is -0.291 e. The van der Waals surface area contributed by atoms with Crippen molar-refractivity contribution in [2.75, 3.05) is 0 Å². The molecule has 0 aliphatic heterocycles. The van der Waals surface area contributed by atoms with Gasteiger partial charge in [0.25, 0.3) is 0 Å². The van der Waals surface area contributed by atoms with Gasteiger partial charge in [-0.15, -0.1) is 10.2 Å². The lowest BCUT2D eigenvalue weighted by Gasteiger charge is -2.12. The molecule has 1 aliphatic rings. The molecule has 0 unspecified atom stereocenters. The van der Waals surface area contributed by atoms with E-state index >= 15 is 0 Å². The van der Waals surface area contributed by atoms with Gasteiger partial charge in [0.05, 0.1) is 10.4 Å². The Kier molecular flexibility index (Phi) is 4.72. The number of sulfonamides is 1. The summed E-state index contributed by atoms with van der Waals surface area (Å²) in [7, 11) is -3.63. The highest BCUT2D eigenvalue weighted by molar-refractivity contribution is 7.89. The van der Waals surface area contributed by atoms with Gasteiger partial charge in [-0.05, 0) is 68.5 Å². The topological polar surface area (TPSA) is 76.9 Å². The number of benzene rings is 2. The molecule has 0 bridgehead atoms. The molecular formula is C22H21FN4O2S2. The van der Waals surface area contributed by atoms with Gasteiger partial charge in [0.2, 0.25) is 15.2 Å². The molecule has 4 aromatic rings. The molecule has 0 saturated heterocycles. The van der Waals surface area contributed by atoms with Crippen LogP contribution in [0.2, 0.25) is 0 Å². The van der Waals surface area contributed by atoms with Crippen LogP contribution in [0.15, 0.2) is 53.6 Å². The van der Waals surface area contributed by atoms with Crippen LogP contribution in [0.3, 0.4) is 0 Å². The predicted octanol–water partition coefficient (Wildman–Crippen LogP) is 4.35. The van der Waals surface area contributed by atoms with Crippen LogP contribution in [0.25, 0.3) is 16.0 Å². The van der Waals surface area contributed by atoms with Crippen molar-refractivity contribution in [3.8, 4) is 5.13 Å². The van der Waals surface area contributed by atoms with E-state index in [-0.39, 0.29) is 16.3 Å². The van der Waals surface area contributed by atoms with Crippen LogP contribution < -0.4 is 4.72 Å². The maximum absolute atomic E-state index is 13.3. The standard InChI is InChI=1S/C22H21FN4O2S2/c1-14-24-25-21(30-14)27-13-16(11-15-3-5-17(23)6-4-15)19-8-7-18(12-20(19)27)31(28,29)26-22(2)9-10-22/h3-8,12-13,26H,9-11H2,1-2H3. The van der Waals surface area contributed by atoms with Crippen LogP contribution in [0.5, 0.6) is 0 Å². The molecule has 1 N–H and O–H groups in total. The summed E-state index contributed by atoms with van der Waals surface area (Å²) in [6, 6.07) is 11.6. The minimum atomic E-state index is -3.63. The molecule has 6 nitrogen and oxygen atoms in total. The fourth-order valence-corrected chi connectivity index (χ4v) is 5.78. The first-order chi connectivity index (χ1) is 14.7. The third kappa shape index (κ3) is 4.00. The molecule has 2 heterocycles. The molecule has 5 rings (SSSR count). The van der Waals surface area contributed by atoms with Crippen LogP contribution in [-0.4, -0.2) is 28.7 Å². The van der Waals surface area contributed by atoms with Crippen molar-refractivity contribution >= 4 is 32.3 Å². The molecule has 1 aliphatic carbocycles. The number of hydrogen-bond donors (Lipinski definition) is 1. The number of nitrogens with one attached hydrogen (secondary N) is 1. The molecule has 0 radical (unpaired) electrons. The second kappa shape index (κ2) is 7.22. The van der Waals surface area contributed by atoms with E-state index < -0.39 is 10.0 Å². The Balaban J connectivity index is 1.62. The zero-order valence-electron chi connectivity index (χ0n) is 17.1. The van der Waals surface area contributed by atoms with Crippen molar-refractivity contribution in [2.45, 2.75) is 43.5 Å². The molecule has 31 heavy (non-hydrogen) atoms. The fourth-order valence-electron chi connectivity index (χ4n) is 3.62. The van der Waals surface area contributed by atoms with Crippen LogP contribution in [0.4, 0.5) is 4.39 Å². The van der Waals surface area contributed by atoms with E-state index in [0.717, 1.165) is 39.9 Å². The van der Waals surface area contributed by atoms with Gasteiger partial charge in [-0.2, -0.15) is 0 Å². The van der Waals surface area contributed by atoms with Crippen LogP contribution in [0.1, 0.15) is 35.9 Å². The second-order valence-electron chi connectivity index (χ2n) is 8.28. The Morgan fingerprint density at radius 3 is 2.55 bits per heavy atom. The summed E-state index contributed by atoms with van der Waals surface area (Å²) in [5, 5.41) is 10.8. The summed E-state index contributed by atoms with van der Waals surface area (Å²) in [4.78, 5) is 0.224. The largest absolute Gasteiger partial charge is 0.291 e. The summed E-state index contributed by atoms with van der Waals surface area (Å²) in [6.45, 7) is 3.79. The van der Waals surface area contributed by atoms with Gasteiger partial charge in [0.1, 0.15) is 10.8 Å². The van der Waals surface area contributed by atoms with E-state index in [0.29, 0.717) is 11.6 Å². The quantitative estimate of drug-likeness (QED) is 0.468. The molecule has 0 amide bonds. The predicted molar refractivity (Wildman–Crippen MR) is 119 cm³/mol. The molecule has 1 saturated carbocycles. The molecule has 2 aromatic carbocycles. The van der Waals surface area contributed by atoms with Crippen molar-refractivity contribution in [1.29, 1.82) is 0 Å². The number of aryl methyl sites for hydroxylation is 1. The van der Waals surface area contributed by atoms with Gasteiger partial charge >= 0.3 is 0 Å². The fraction of sp³-hybridized carbons (Fsp3) is 0.273. The third-order valence-corrected chi connectivity index (χ3v) is 8.05. The van der Waals surface area contributed by atoms with Gasteiger partial charge in [0, 0.05) is 17.1 Å². The van der Waals surface area contributed by atoms with E-state index in [1.165, 1.54) is 23.5 Å². The maximum Gasteiger partial charge on any atom is 0.241 e. The normalized spacial score (nSPS) is 15.5. The van der Waals surface area contributed by atoms with Gasteiger partial charge in [-0.1, -0.05) is 29.5 Å². The van der Waals surface area contributed by atoms with Gasteiger partial charge in [0.15, 0.2) is 0 Å². The Labute approximate surface area is 183 Å². The van der Waals surface area contributed by atoms with Crippen molar-refractivity contribution < 1.29 is 12.8 Å². The number of aromatic nitrogens is 3. The highest BCUT2D eigenvalue weighted by Gasteiger charge is 2.41. The lowest BCUT2D eigenvalue weighted by Crippen LogP contribution is -2.34. The van der Waals surface area contributed by atoms with Crippen molar-refractivity contribution in [3.05, 3.63) is 70.6 Å². The SMILES string of the molecule is Cc1nnc(-n2cc(Cc3ccc(F)cc3)c3ccc(S(=O)(=O)NC4(C)CC4)cc32)s1. The van der Waals surface area contributed by atoms with Gasteiger partial charge < -0.3 is 0 Å². The van der Waals surface area contributed by atoms with Crippen LogP contribution in [-0.2, 0) is 16.4 Å². The Bertz CT molecular complexity index is 1390. The van der Waals surface area contributed by atoms with E-state index in [1.54, 1.807) is 24.3 Å². The van der Waals surface area contributed by atoms with Crippen LogP contribution >= 0.6 is 11.3 Å². The molecule has 0 atom stereocenters. The monoisotopic (exact) mass is 456 g/mol. The molecule has 9 heteroatoms. The maximum atomic E-state index is 13.3. The summed E-state index contributed by atoms with van der Waals surface area (Å²) in [5.74, 6) is -0.276. The van der Waals surface area contributed by atoms with E-state index in [1.807, 2.05) is 30.7 Å². The van der Waals surface area contributed by atoms with E-state index in [4.69, 9.17) is 0 Å².